The van der Waals surface area contributed by atoms with Crippen LogP contribution >= 0.6 is 0 Å². The van der Waals surface area contributed by atoms with Crippen molar-refractivity contribution < 1.29 is 0 Å². The van der Waals surface area contributed by atoms with Gasteiger partial charge in [-0.2, -0.15) is 5.26 Å². The fourth-order valence-electron chi connectivity index (χ4n) is 5.48. The lowest BCUT2D eigenvalue weighted by Crippen LogP contribution is -2.31. The summed E-state index contributed by atoms with van der Waals surface area (Å²) in [4.78, 5) is 9.86. The van der Waals surface area contributed by atoms with Gasteiger partial charge in [-0.1, -0.05) is 12.1 Å². The summed E-state index contributed by atoms with van der Waals surface area (Å²) in [7, 11) is 0. The van der Waals surface area contributed by atoms with Crippen molar-refractivity contribution in [1.82, 2.24) is 9.38 Å². The molecule has 0 bridgehead atoms. The monoisotopic (exact) mass is 409 g/mol. The number of fused-ring (bicyclic) bond motifs is 5. The maximum absolute atomic E-state index is 10.3. The normalized spacial score (nSPS) is 17.5. The summed E-state index contributed by atoms with van der Waals surface area (Å²) < 4.78 is 2.21. The number of hydrogen-bond donors (Lipinski definition) is 0. The SMILES string of the molecule is N#Cc1c(N2CCCCC2)c2ccc(N3CCCCC3)cc2n2c1nc1ccccc12. The smallest absolute Gasteiger partial charge is 0.158 e. The van der Waals surface area contributed by atoms with Gasteiger partial charge in [0.1, 0.15) is 11.6 Å². The molecular formula is C26H27N5. The minimum atomic E-state index is 0.705. The average molecular weight is 410 g/mol. The zero-order valence-corrected chi connectivity index (χ0v) is 17.8. The highest BCUT2D eigenvalue weighted by Gasteiger charge is 2.24. The third-order valence-corrected chi connectivity index (χ3v) is 7.00. The number of anilines is 2. The topological polar surface area (TPSA) is 47.6 Å². The lowest BCUT2D eigenvalue weighted by atomic mass is 10.0. The Hall–Kier alpha value is -3.26. The van der Waals surface area contributed by atoms with E-state index in [4.69, 9.17) is 4.98 Å². The van der Waals surface area contributed by atoms with Crippen LogP contribution < -0.4 is 9.80 Å². The van der Waals surface area contributed by atoms with Gasteiger partial charge in [-0.3, -0.25) is 4.40 Å². The molecule has 0 unspecified atom stereocenters. The van der Waals surface area contributed by atoms with Crippen molar-refractivity contribution in [3.05, 3.63) is 48.0 Å². The van der Waals surface area contributed by atoms with E-state index in [0.717, 1.165) is 59.4 Å². The third-order valence-electron chi connectivity index (χ3n) is 7.00. The minimum Gasteiger partial charge on any atom is -0.371 e. The average Bonchev–Trinajstić information content (AvgIpc) is 3.23. The number of nitrogens with zero attached hydrogens (tertiary/aromatic N) is 5. The Bertz CT molecular complexity index is 1320. The van der Waals surface area contributed by atoms with Crippen molar-refractivity contribution in [1.29, 1.82) is 5.26 Å². The van der Waals surface area contributed by atoms with Crippen LogP contribution in [0.15, 0.2) is 42.5 Å². The predicted octanol–water partition coefficient (Wildman–Crippen LogP) is 5.49. The van der Waals surface area contributed by atoms with Crippen molar-refractivity contribution in [2.24, 2.45) is 0 Å². The van der Waals surface area contributed by atoms with Crippen LogP contribution in [0.1, 0.15) is 44.1 Å². The standard InChI is InChI=1S/C26H27N5/c27-18-21-25(30-15-7-2-8-16-30)20-12-11-19(29-13-5-1-6-14-29)17-24(20)31-23-10-4-3-9-22(23)28-26(21)31/h3-4,9-12,17H,1-2,5-8,13-16H2. The lowest BCUT2D eigenvalue weighted by molar-refractivity contribution is 0.577. The van der Waals surface area contributed by atoms with Crippen LogP contribution in [0.5, 0.6) is 0 Å². The van der Waals surface area contributed by atoms with Crippen molar-refractivity contribution in [3.63, 3.8) is 0 Å². The maximum atomic E-state index is 10.3. The summed E-state index contributed by atoms with van der Waals surface area (Å²) in [5, 5.41) is 11.4. The molecule has 5 heteroatoms. The van der Waals surface area contributed by atoms with E-state index in [-0.39, 0.29) is 0 Å². The van der Waals surface area contributed by atoms with Gasteiger partial charge in [0.05, 0.1) is 22.2 Å². The van der Waals surface area contributed by atoms with Crippen molar-refractivity contribution in [3.8, 4) is 6.07 Å². The summed E-state index contributed by atoms with van der Waals surface area (Å²) >= 11 is 0. The summed E-state index contributed by atoms with van der Waals surface area (Å²) in [5.41, 5.74) is 7.01. The molecule has 2 aliphatic rings. The molecule has 0 radical (unpaired) electrons. The van der Waals surface area contributed by atoms with E-state index in [0.29, 0.717) is 5.56 Å². The summed E-state index contributed by atoms with van der Waals surface area (Å²) in [6, 6.07) is 17.6. The highest BCUT2D eigenvalue weighted by molar-refractivity contribution is 6.03. The van der Waals surface area contributed by atoms with Crippen molar-refractivity contribution in [2.45, 2.75) is 38.5 Å². The predicted molar refractivity (Wildman–Crippen MR) is 127 cm³/mol. The first-order chi connectivity index (χ1) is 15.3. The first kappa shape index (κ1) is 18.5. The Balaban J connectivity index is 1.70. The summed E-state index contributed by atoms with van der Waals surface area (Å²) in [5.74, 6) is 0. The number of piperidine rings is 2. The molecule has 4 aromatic rings. The molecule has 0 N–H and O–H groups in total. The van der Waals surface area contributed by atoms with Crippen LogP contribution in [-0.4, -0.2) is 35.6 Å². The molecule has 5 nitrogen and oxygen atoms in total. The largest absolute Gasteiger partial charge is 0.371 e. The molecule has 0 amide bonds. The number of imidazole rings is 1. The molecule has 156 valence electrons. The Morgan fingerprint density at radius 3 is 2.23 bits per heavy atom. The molecule has 2 aromatic carbocycles. The second-order valence-corrected chi connectivity index (χ2v) is 8.89. The number of benzene rings is 2. The van der Waals surface area contributed by atoms with Gasteiger partial charge < -0.3 is 9.80 Å². The van der Waals surface area contributed by atoms with Crippen molar-refractivity contribution in [2.75, 3.05) is 36.0 Å². The molecule has 0 spiro atoms. The van der Waals surface area contributed by atoms with E-state index < -0.39 is 0 Å². The van der Waals surface area contributed by atoms with E-state index in [1.165, 1.54) is 44.2 Å². The number of rotatable bonds is 2. The van der Waals surface area contributed by atoms with Crippen LogP contribution in [-0.2, 0) is 0 Å². The number of para-hydroxylation sites is 2. The van der Waals surface area contributed by atoms with E-state index in [1.54, 1.807) is 0 Å². The third kappa shape index (κ3) is 2.93. The minimum absolute atomic E-state index is 0.705. The van der Waals surface area contributed by atoms with Crippen LogP contribution in [0.25, 0.3) is 27.6 Å². The summed E-state index contributed by atoms with van der Waals surface area (Å²) in [6.07, 6.45) is 7.47. The van der Waals surface area contributed by atoms with Gasteiger partial charge in [0.25, 0.3) is 0 Å². The van der Waals surface area contributed by atoms with E-state index in [9.17, 15) is 5.26 Å². The molecule has 2 aliphatic heterocycles. The van der Waals surface area contributed by atoms with E-state index in [2.05, 4.69) is 50.6 Å². The first-order valence-electron chi connectivity index (χ1n) is 11.6. The zero-order valence-electron chi connectivity index (χ0n) is 17.8. The highest BCUT2D eigenvalue weighted by atomic mass is 15.2. The number of hydrogen-bond acceptors (Lipinski definition) is 4. The Labute approximate surface area is 182 Å². The molecule has 4 heterocycles. The summed E-state index contributed by atoms with van der Waals surface area (Å²) in [6.45, 7) is 4.26. The van der Waals surface area contributed by atoms with Gasteiger partial charge in [-0.25, -0.2) is 4.98 Å². The van der Waals surface area contributed by atoms with Gasteiger partial charge in [-0.05, 0) is 68.9 Å². The Kier molecular flexibility index (Phi) is 4.45. The molecule has 0 atom stereocenters. The number of pyridine rings is 1. The lowest BCUT2D eigenvalue weighted by Gasteiger charge is -2.32. The Morgan fingerprint density at radius 2 is 1.48 bits per heavy atom. The van der Waals surface area contributed by atoms with Gasteiger partial charge in [0.2, 0.25) is 0 Å². The second kappa shape index (κ2) is 7.46. The quantitative estimate of drug-likeness (QED) is 0.439. The van der Waals surface area contributed by atoms with E-state index in [1.807, 2.05) is 12.1 Å². The maximum Gasteiger partial charge on any atom is 0.158 e. The fourth-order valence-corrected chi connectivity index (χ4v) is 5.48. The van der Waals surface area contributed by atoms with E-state index >= 15 is 0 Å². The molecule has 2 saturated heterocycles. The van der Waals surface area contributed by atoms with Gasteiger partial charge in [-0.15, -0.1) is 0 Å². The number of aromatic nitrogens is 2. The second-order valence-electron chi connectivity index (χ2n) is 8.89. The molecule has 2 aromatic heterocycles. The number of nitriles is 1. The van der Waals surface area contributed by atoms with Gasteiger partial charge in [0, 0.05) is 37.3 Å². The molecule has 2 fully saturated rings. The molecular weight excluding hydrogens is 382 g/mol. The van der Waals surface area contributed by atoms with Crippen LogP contribution in [0.2, 0.25) is 0 Å². The highest BCUT2D eigenvalue weighted by Crippen LogP contribution is 2.38. The first-order valence-corrected chi connectivity index (χ1v) is 11.6. The van der Waals surface area contributed by atoms with Crippen LogP contribution in [0.4, 0.5) is 11.4 Å². The molecule has 6 rings (SSSR count). The fraction of sp³-hybridized carbons (Fsp3) is 0.385. The van der Waals surface area contributed by atoms with Crippen LogP contribution in [0, 0.1) is 11.3 Å². The molecule has 31 heavy (non-hydrogen) atoms. The molecule has 0 saturated carbocycles. The zero-order chi connectivity index (χ0) is 20.8. The Morgan fingerprint density at radius 1 is 0.774 bits per heavy atom. The van der Waals surface area contributed by atoms with Crippen LogP contribution in [0.3, 0.4) is 0 Å². The van der Waals surface area contributed by atoms with Gasteiger partial charge >= 0.3 is 0 Å². The van der Waals surface area contributed by atoms with Crippen molar-refractivity contribution >= 4 is 39.0 Å². The molecule has 0 aliphatic carbocycles. The van der Waals surface area contributed by atoms with Gasteiger partial charge in [0.15, 0.2) is 5.65 Å².